The number of nitrogen functional groups attached to an aromatic ring is 1. The Labute approximate surface area is 182 Å². The van der Waals surface area contributed by atoms with Crippen LogP contribution in [0.5, 0.6) is 0 Å². The first-order valence-electron chi connectivity index (χ1n) is 10.0. The maximum Gasteiger partial charge on any atom is 0.262 e. The van der Waals surface area contributed by atoms with Gasteiger partial charge in [-0.2, -0.15) is 0 Å². The molecule has 0 radical (unpaired) electrons. The largest absolute Gasteiger partial charge is 0.399 e. The van der Waals surface area contributed by atoms with Gasteiger partial charge in [0.2, 0.25) is 5.91 Å². The summed E-state index contributed by atoms with van der Waals surface area (Å²) < 4.78 is 0. The maximum absolute atomic E-state index is 13.3. The molecule has 1 aliphatic carbocycles. The number of aryl methyl sites for hydroxylation is 1. The zero-order chi connectivity index (χ0) is 20.7. The normalized spacial score (nSPS) is 18.5. The van der Waals surface area contributed by atoms with Crippen LogP contribution in [0.2, 0.25) is 0 Å². The van der Waals surface area contributed by atoms with Crippen molar-refractivity contribution in [3.8, 4) is 0 Å². The topological polar surface area (TPSA) is 92.5 Å². The zero-order valence-electron chi connectivity index (χ0n) is 17.1. The number of carbonyl (C=O) groups excluding carboxylic acids is 3. The first-order valence-corrected chi connectivity index (χ1v) is 10.0. The van der Waals surface area contributed by atoms with Crippen molar-refractivity contribution in [2.75, 3.05) is 5.73 Å². The molecule has 1 aliphatic heterocycles. The van der Waals surface area contributed by atoms with Crippen LogP contribution in [-0.4, -0.2) is 28.7 Å². The van der Waals surface area contributed by atoms with Gasteiger partial charge in [0.25, 0.3) is 11.8 Å². The molecule has 0 spiro atoms. The standard InChI is InChI=1S/C23H25N3O3.ClH/c1-13(2)20(26-22(28)17-7-3-4-8-18(17)23(26)29)21(27)25-19-9-5-6-14-12-15(24)10-11-16(14)19;/h3-4,7-8,10-13,19-20H,5-6,9,24H2,1-2H3,(H,25,27);1H. The lowest BCUT2D eigenvalue weighted by molar-refractivity contribution is -0.127. The minimum Gasteiger partial charge on any atom is -0.399 e. The summed E-state index contributed by atoms with van der Waals surface area (Å²) >= 11 is 0. The molecule has 0 fully saturated rings. The Balaban J connectivity index is 0.00000256. The van der Waals surface area contributed by atoms with Gasteiger partial charge in [-0.25, -0.2) is 0 Å². The third kappa shape index (κ3) is 3.67. The molecule has 30 heavy (non-hydrogen) atoms. The molecule has 3 amide bonds. The Morgan fingerprint density at radius 1 is 1.10 bits per heavy atom. The quantitative estimate of drug-likeness (QED) is 0.576. The lowest BCUT2D eigenvalue weighted by Gasteiger charge is -2.32. The molecule has 7 heteroatoms. The molecule has 2 aromatic rings. The summed E-state index contributed by atoms with van der Waals surface area (Å²) in [7, 11) is 0. The Kier molecular flexibility index (Phi) is 6.17. The van der Waals surface area contributed by atoms with Crippen LogP contribution in [0.3, 0.4) is 0 Å². The van der Waals surface area contributed by atoms with E-state index in [1.54, 1.807) is 24.3 Å². The van der Waals surface area contributed by atoms with Crippen molar-refractivity contribution in [1.82, 2.24) is 10.2 Å². The minimum absolute atomic E-state index is 0. The van der Waals surface area contributed by atoms with Gasteiger partial charge in [-0.15, -0.1) is 12.4 Å². The summed E-state index contributed by atoms with van der Waals surface area (Å²) in [5.41, 5.74) is 9.53. The molecule has 1 heterocycles. The van der Waals surface area contributed by atoms with Crippen LogP contribution in [0.1, 0.15) is 64.6 Å². The molecular weight excluding hydrogens is 402 g/mol. The summed E-state index contributed by atoms with van der Waals surface area (Å²) in [5.74, 6) is -1.33. The average Bonchev–Trinajstić information content (AvgIpc) is 2.93. The number of imide groups is 1. The Hall–Kier alpha value is -2.86. The van der Waals surface area contributed by atoms with Gasteiger partial charge in [0.15, 0.2) is 0 Å². The van der Waals surface area contributed by atoms with E-state index in [0.29, 0.717) is 16.8 Å². The molecule has 0 aromatic heterocycles. The molecule has 158 valence electrons. The average molecular weight is 428 g/mol. The lowest BCUT2D eigenvalue weighted by atomic mass is 9.87. The van der Waals surface area contributed by atoms with E-state index in [2.05, 4.69) is 5.32 Å². The smallest absolute Gasteiger partial charge is 0.262 e. The van der Waals surface area contributed by atoms with Crippen LogP contribution in [0.4, 0.5) is 5.69 Å². The number of anilines is 1. The molecule has 3 N–H and O–H groups in total. The second kappa shape index (κ2) is 8.48. The fourth-order valence-electron chi connectivity index (χ4n) is 4.42. The van der Waals surface area contributed by atoms with Crippen LogP contribution < -0.4 is 11.1 Å². The van der Waals surface area contributed by atoms with Crippen LogP contribution in [-0.2, 0) is 11.2 Å². The Morgan fingerprint density at radius 3 is 2.33 bits per heavy atom. The van der Waals surface area contributed by atoms with Gasteiger partial charge >= 0.3 is 0 Å². The third-order valence-corrected chi connectivity index (χ3v) is 5.80. The predicted octanol–water partition coefficient (Wildman–Crippen LogP) is 3.51. The van der Waals surface area contributed by atoms with Gasteiger partial charge in [-0.1, -0.05) is 32.0 Å². The first-order chi connectivity index (χ1) is 13.9. The summed E-state index contributed by atoms with van der Waals surface area (Å²) in [5, 5.41) is 3.09. The second-order valence-corrected chi connectivity index (χ2v) is 8.13. The number of amides is 3. The number of nitrogens with two attached hydrogens (primary N) is 1. The number of rotatable bonds is 4. The fraction of sp³-hybridized carbons (Fsp3) is 0.348. The summed E-state index contributed by atoms with van der Waals surface area (Å²) in [6.07, 6.45) is 2.69. The predicted molar refractivity (Wildman–Crippen MR) is 117 cm³/mol. The molecule has 4 rings (SSSR count). The lowest BCUT2D eigenvalue weighted by Crippen LogP contribution is -2.53. The number of nitrogens with zero attached hydrogens (tertiary/aromatic N) is 1. The highest BCUT2D eigenvalue weighted by atomic mass is 35.5. The molecule has 0 saturated carbocycles. The molecule has 2 unspecified atom stereocenters. The second-order valence-electron chi connectivity index (χ2n) is 8.13. The van der Waals surface area contributed by atoms with E-state index in [4.69, 9.17) is 5.73 Å². The number of hydrogen-bond acceptors (Lipinski definition) is 4. The third-order valence-electron chi connectivity index (χ3n) is 5.80. The number of carbonyl (C=O) groups is 3. The molecular formula is C23H26ClN3O3. The molecule has 2 aromatic carbocycles. The van der Waals surface area contributed by atoms with Crippen molar-refractivity contribution in [3.63, 3.8) is 0 Å². The van der Waals surface area contributed by atoms with Crippen LogP contribution in [0, 0.1) is 5.92 Å². The minimum atomic E-state index is -0.860. The van der Waals surface area contributed by atoms with Gasteiger partial charge in [0.05, 0.1) is 17.2 Å². The first kappa shape index (κ1) is 21.8. The number of benzene rings is 2. The highest BCUT2D eigenvalue weighted by Crippen LogP contribution is 2.32. The van der Waals surface area contributed by atoms with E-state index in [0.717, 1.165) is 35.3 Å². The van der Waals surface area contributed by atoms with Gasteiger partial charge in [0.1, 0.15) is 6.04 Å². The molecule has 6 nitrogen and oxygen atoms in total. The van der Waals surface area contributed by atoms with Crippen molar-refractivity contribution in [2.24, 2.45) is 5.92 Å². The highest BCUT2D eigenvalue weighted by Gasteiger charge is 2.44. The SMILES string of the molecule is CC(C)C(C(=O)NC1CCCc2cc(N)ccc21)N1C(=O)c2ccccc2C1=O.Cl. The number of fused-ring (bicyclic) bond motifs is 2. The van der Waals surface area contributed by atoms with Crippen LogP contribution in [0.15, 0.2) is 42.5 Å². The zero-order valence-corrected chi connectivity index (χ0v) is 17.9. The van der Waals surface area contributed by atoms with E-state index in [1.807, 2.05) is 32.0 Å². The summed E-state index contributed by atoms with van der Waals surface area (Å²) in [4.78, 5) is 40.2. The van der Waals surface area contributed by atoms with Crippen molar-refractivity contribution in [1.29, 1.82) is 0 Å². The number of halogens is 1. The monoisotopic (exact) mass is 427 g/mol. The van der Waals surface area contributed by atoms with Gasteiger partial charge in [-0.3, -0.25) is 19.3 Å². The highest BCUT2D eigenvalue weighted by molar-refractivity contribution is 6.22. The Morgan fingerprint density at radius 2 is 1.73 bits per heavy atom. The van der Waals surface area contributed by atoms with Crippen molar-refractivity contribution < 1.29 is 14.4 Å². The summed E-state index contributed by atoms with van der Waals surface area (Å²) in [6, 6.07) is 11.5. The van der Waals surface area contributed by atoms with Crippen molar-refractivity contribution >= 4 is 35.8 Å². The molecule has 2 aliphatic rings. The Bertz CT molecular complexity index is 970. The van der Waals surface area contributed by atoms with Gasteiger partial charge in [0, 0.05) is 5.69 Å². The van der Waals surface area contributed by atoms with E-state index < -0.39 is 17.9 Å². The molecule has 0 bridgehead atoms. The van der Waals surface area contributed by atoms with Crippen LogP contribution in [0.25, 0.3) is 0 Å². The number of nitrogens with one attached hydrogen (secondary N) is 1. The fourth-order valence-corrected chi connectivity index (χ4v) is 4.42. The van der Waals surface area contributed by atoms with Crippen molar-refractivity contribution in [3.05, 3.63) is 64.7 Å². The van der Waals surface area contributed by atoms with E-state index >= 15 is 0 Å². The van der Waals surface area contributed by atoms with Gasteiger partial charge in [-0.05, 0) is 60.6 Å². The summed E-state index contributed by atoms with van der Waals surface area (Å²) in [6.45, 7) is 3.70. The molecule has 0 saturated heterocycles. The number of hydrogen-bond donors (Lipinski definition) is 2. The van der Waals surface area contributed by atoms with E-state index in [-0.39, 0.29) is 30.3 Å². The van der Waals surface area contributed by atoms with Crippen molar-refractivity contribution in [2.45, 2.75) is 45.2 Å². The maximum atomic E-state index is 13.3. The van der Waals surface area contributed by atoms with E-state index in [9.17, 15) is 14.4 Å². The van der Waals surface area contributed by atoms with Crippen LogP contribution >= 0.6 is 12.4 Å². The van der Waals surface area contributed by atoms with Gasteiger partial charge < -0.3 is 11.1 Å². The molecule has 2 atom stereocenters. The van der Waals surface area contributed by atoms with E-state index in [1.165, 1.54) is 0 Å².